The molecule has 4 nitrogen and oxygen atoms in total. The van der Waals surface area contributed by atoms with E-state index in [0.29, 0.717) is 5.52 Å². The average Bonchev–Trinajstić information content (AvgIpc) is 2.95. The third-order valence-corrected chi connectivity index (χ3v) is 4.90. The third-order valence-electron chi connectivity index (χ3n) is 4.90. The first kappa shape index (κ1) is 16.2. The van der Waals surface area contributed by atoms with Gasteiger partial charge in [0.1, 0.15) is 5.75 Å². The van der Waals surface area contributed by atoms with Crippen LogP contribution in [0.1, 0.15) is 18.1 Å². The lowest BCUT2D eigenvalue weighted by Crippen LogP contribution is -2.14. The van der Waals surface area contributed by atoms with Gasteiger partial charge in [-0.25, -0.2) is 0 Å². The zero-order chi connectivity index (χ0) is 18.3. The highest BCUT2D eigenvalue weighted by molar-refractivity contribution is 5.98. The fraction of sp³-hybridized carbons (Fsp3) is 0.136. The minimum absolute atomic E-state index is 0.106. The van der Waals surface area contributed by atoms with E-state index in [1.54, 1.807) is 6.07 Å². The van der Waals surface area contributed by atoms with E-state index in [-0.39, 0.29) is 12.2 Å². The van der Waals surface area contributed by atoms with E-state index in [9.17, 15) is 9.90 Å². The number of fused-ring (bicyclic) bond motifs is 2. The summed E-state index contributed by atoms with van der Waals surface area (Å²) < 4.78 is 1.98. The highest BCUT2D eigenvalue weighted by atomic mass is 16.3. The predicted molar refractivity (Wildman–Crippen MR) is 104 cm³/mol. The largest absolute Gasteiger partial charge is 0.506 e. The van der Waals surface area contributed by atoms with Crippen LogP contribution in [0, 0.1) is 0 Å². The van der Waals surface area contributed by atoms with Gasteiger partial charge in [-0.05, 0) is 40.5 Å². The van der Waals surface area contributed by atoms with Crippen LogP contribution >= 0.6 is 0 Å². The van der Waals surface area contributed by atoms with E-state index in [1.807, 2.05) is 34.9 Å². The fourth-order valence-electron chi connectivity index (χ4n) is 3.88. The van der Waals surface area contributed by atoms with Crippen LogP contribution in [0.15, 0.2) is 60.8 Å². The number of nitrogens with zero attached hydrogens (tertiary/aromatic N) is 1. The van der Waals surface area contributed by atoms with Crippen LogP contribution in [0.5, 0.6) is 5.75 Å². The number of nitrogens with two attached hydrogens (primary N) is 1. The zero-order valence-electron chi connectivity index (χ0n) is 14.6. The maximum absolute atomic E-state index is 11.7. The molecule has 2 heterocycles. The van der Waals surface area contributed by atoms with Crippen molar-refractivity contribution < 1.29 is 9.90 Å². The number of hydrogen-bond donors (Lipinski definition) is 2. The molecule has 0 saturated heterocycles. The topological polar surface area (TPSA) is 67.7 Å². The summed E-state index contributed by atoms with van der Waals surface area (Å²) in [5.74, 6) is -0.246. The van der Waals surface area contributed by atoms with Gasteiger partial charge in [-0.2, -0.15) is 0 Å². The lowest BCUT2D eigenvalue weighted by molar-refractivity contribution is -0.117. The van der Waals surface area contributed by atoms with Gasteiger partial charge < -0.3 is 15.2 Å². The van der Waals surface area contributed by atoms with Gasteiger partial charge in [-0.1, -0.05) is 49.4 Å². The number of amides is 1. The standard InChI is InChI=1S/C22H20N2O2/c1-2-15-18(13-20(23)26)22-19(25)11-6-12-24(22)21(15)17-10-5-8-14-7-3-4-9-16(14)17/h3-12,25H,2,13H2,1H3,(H2,23,26). The molecular weight excluding hydrogens is 324 g/mol. The van der Waals surface area contributed by atoms with Crippen LogP contribution in [0.3, 0.4) is 0 Å². The van der Waals surface area contributed by atoms with Gasteiger partial charge in [0.25, 0.3) is 0 Å². The summed E-state index contributed by atoms with van der Waals surface area (Å²) in [5.41, 5.74) is 10.1. The normalized spacial score (nSPS) is 11.3. The zero-order valence-corrected chi connectivity index (χ0v) is 14.6. The molecule has 0 bridgehead atoms. The summed E-state index contributed by atoms with van der Waals surface area (Å²) in [5, 5.41) is 12.8. The van der Waals surface area contributed by atoms with E-state index in [2.05, 4.69) is 31.2 Å². The maximum atomic E-state index is 11.7. The number of benzene rings is 2. The lowest BCUT2D eigenvalue weighted by Gasteiger charge is -2.10. The number of hydrogen-bond acceptors (Lipinski definition) is 2. The lowest BCUT2D eigenvalue weighted by atomic mass is 9.96. The molecule has 0 spiro atoms. The number of carbonyl (C=O) groups is 1. The van der Waals surface area contributed by atoms with Crippen LogP contribution in [-0.4, -0.2) is 15.4 Å². The van der Waals surface area contributed by atoms with Crippen LogP contribution in [0.4, 0.5) is 0 Å². The summed E-state index contributed by atoms with van der Waals surface area (Å²) in [6, 6.07) is 17.9. The molecule has 0 aliphatic rings. The average molecular weight is 344 g/mol. The van der Waals surface area contributed by atoms with Crippen molar-refractivity contribution in [3.63, 3.8) is 0 Å². The molecule has 4 heteroatoms. The second-order valence-corrected chi connectivity index (χ2v) is 6.44. The molecule has 0 atom stereocenters. The Morgan fingerprint density at radius 3 is 2.58 bits per heavy atom. The first-order valence-electron chi connectivity index (χ1n) is 8.72. The van der Waals surface area contributed by atoms with Gasteiger partial charge in [0, 0.05) is 11.8 Å². The second kappa shape index (κ2) is 6.23. The number of pyridine rings is 1. The van der Waals surface area contributed by atoms with Gasteiger partial charge in [-0.15, -0.1) is 0 Å². The molecule has 26 heavy (non-hydrogen) atoms. The molecule has 0 saturated carbocycles. The third kappa shape index (κ3) is 2.42. The Labute approximate surface area is 151 Å². The molecule has 130 valence electrons. The summed E-state index contributed by atoms with van der Waals surface area (Å²) >= 11 is 0. The molecule has 2 aromatic heterocycles. The smallest absolute Gasteiger partial charge is 0.221 e. The van der Waals surface area contributed by atoms with Crippen molar-refractivity contribution in [3.05, 3.63) is 71.9 Å². The van der Waals surface area contributed by atoms with Crippen molar-refractivity contribution in [2.24, 2.45) is 5.73 Å². The van der Waals surface area contributed by atoms with Crippen molar-refractivity contribution in [1.82, 2.24) is 4.40 Å². The predicted octanol–water partition coefficient (Wildman–Crippen LogP) is 4.06. The monoisotopic (exact) mass is 344 g/mol. The summed E-state index contributed by atoms with van der Waals surface area (Å²) in [6.07, 6.45) is 2.77. The van der Waals surface area contributed by atoms with Crippen LogP contribution in [-0.2, 0) is 17.6 Å². The molecular formula is C22H20N2O2. The van der Waals surface area contributed by atoms with Gasteiger partial charge >= 0.3 is 0 Å². The Hall–Kier alpha value is -3.27. The Kier molecular flexibility index (Phi) is 3.88. The van der Waals surface area contributed by atoms with Crippen molar-refractivity contribution in [2.45, 2.75) is 19.8 Å². The molecule has 3 N–H and O–H groups in total. The van der Waals surface area contributed by atoms with E-state index in [1.165, 1.54) is 0 Å². The molecule has 4 aromatic rings. The highest BCUT2D eigenvalue weighted by Gasteiger charge is 2.22. The van der Waals surface area contributed by atoms with Gasteiger partial charge in [-0.3, -0.25) is 4.79 Å². The Morgan fingerprint density at radius 2 is 1.81 bits per heavy atom. The molecule has 0 aliphatic heterocycles. The second-order valence-electron chi connectivity index (χ2n) is 6.44. The van der Waals surface area contributed by atoms with Gasteiger partial charge in [0.15, 0.2) is 0 Å². The summed E-state index contributed by atoms with van der Waals surface area (Å²) in [4.78, 5) is 11.7. The number of primary amides is 1. The van der Waals surface area contributed by atoms with Crippen LogP contribution < -0.4 is 5.73 Å². The number of aromatic nitrogens is 1. The number of carbonyl (C=O) groups excluding carboxylic acids is 1. The Morgan fingerprint density at radius 1 is 1.04 bits per heavy atom. The number of rotatable bonds is 4. The SMILES string of the molecule is CCc1c(CC(N)=O)c2c(O)cccn2c1-c1cccc2ccccc12. The van der Waals surface area contributed by atoms with Crippen molar-refractivity contribution in [2.75, 3.05) is 0 Å². The van der Waals surface area contributed by atoms with Gasteiger partial charge in [0.05, 0.1) is 17.6 Å². The first-order valence-corrected chi connectivity index (χ1v) is 8.72. The van der Waals surface area contributed by atoms with E-state index in [4.69, 9.17) is 5.73 Å². The van der Waals surface area contributed by atoms with Crippen LogP contribution in [0.2, 0.25) is 0 Å². The number of aromatic hydroxyl groups is 1. The Balaban J connectivity index is 2.16. The van der Waals surface area contributed by atoms with Crippen LogP contribution in [0.25, 0.3) is 27.5 Å². The van der Waals surface area contributed by atoms with Gasteiger partial charge in [0.2, 0.25) is 5.91 Å². The molecule has 0 radical (unpaired) electrons. The quantitative estimate of drug-likeness (QED) is 0.586. The minimum Gasteiger partial charge on any atom is -0.506 e. The summed E-state index contributed by atoms with van der Waals surface area (Å²) in [7, 11) is 0. The Bertz CT molecular complexity index is 1140. The molecule has 4 rings (SSSR count). The maximum Gasteiger partial charge on any atom is 0.221 e. The van der Waals surface area contributed by atoms with E-state index >= 15 is 0 Å². The fourth-order valence-corrected chi connectivity index (χ4v) is 3.88. The van der Waals surface area contributed by atoms with E-state index in [0.717, 1.165) is 39.6 Å². The minimum atomic E-state index is -0.403. The van der Waals surface area contributed by atoms with E-state index < -0.39 is 5.91 Å². The highest BCUT2D eigenvalue weighted by Crippen LogP contribution is 2.39. The summed E-state index contributed by atoms with van der Waals surface area (Å²) in [6.45, 7) is 2.06. The van der Waals surface area contributed by atoms with Crippen molar-refractivity contribution in [3.8, 4) is 17.0 Å². The molecule has 0 fully saturated rings. The first-order chi connectivity index (χ1) is 12.6. The van der Waals surface area contributed by atoms with Crippen molar-refractivity contribution in [1.29, 1.82) is 0 Å². The molecule has 0 aliphatic carbocycles. The molecule has 0 unspecified atom stereocenters. The molecule has 2 aromatic carbocycles. The van der Waals surface area contributed by atoms with Crippen molar-refractivity contribution >= 4 is 22.2 Å². The molecule has 1 amide bonds.